The largest absolute Gasteiger partial charge is 0.450 e. The number of rotatable bonds is 15. The van der Waals surface area contributed by atoms with Crippen LogP contribution in [0.25, 0.3) is 0 Å². The summed E-state index contributed by atoms with van der Waals surface area (Å²) in [4.78, 5) is 66.0. The Labute approximate surface area is 311 Å². The first-order valence-electron chi connectivity index (χ1n) is 18.8. The molecule has 12 heteroatoms. The van der Waals surface area contributed by atoms with Gasteiger partial charge in [0.25, 0.3) is 0 Å². The second kappa shape index (κ2) is 22.6. The van der Waals surface area contributed by atoms with E-state index in [1.807, 2.05) is 57.2 Å². The number of amides is 5. The van der Waals surface area contributed by atoms with Crippen molar-refractivity contribution in [1.29, 1.82) is 0 Å². The minimum absolute atomic E-state index is 0.0124. The van der Waals surface area contributed by atoms with E-state index >= 15 is 0 Å². The molecule has 1 aromatic carbocycles. The molecule has 290 valence electrons. The predicted molar refractivity (Wildman–Crippen MR) is 205 cm³/mol. The molecule has 0 unspecified atom stereocenters. The van der Waals surface area contributed by atoms with Crippen molar-refractivity contribution < 1.29 is 28.7 Å². The van der Waals surface area contributed by atoms with Gasteiger partial charge in [-0.1, -0.05) is 104 Å². The van der Waals surface area contributed by atoms with Crippen molar-refractivity contribution in [3.05, 3.63) is 60.3 Å². The van der Waals surface area contributed by atoms with E-state index in [1.165, 1.54) is 0 Å². The molecule has 0 saturated carbocycles. The zero-order valence-corrected chi connectivity index (χ0v) is 32.6. The van der Waals surface area contributed by atoms with Gasteiger partial charge in [0.2, 0.25) is 23.6 Å². The van der Waals surface area contributed by atoms with Gasteiger partial charge >= 0.3 is 6.09 Å². The average molecular weight is 725 g/mol. The lowest BCUT2D eigenvalue weighted by molar-refractivity contribution is -0.133. The highest BCUT2D eigenvalue weighted by Crippen LogP contribution is 2.24. The van der Waals surface area contributed by atoms with Gasteiger partial charge in [0.15, 0.2) is 0 Å². The molecule has 1 heterocycles. The van der Waals surface area contributed by atoms with Crippen LogP contribution in [0.5, 0.6) is 0 Å². The number of nitrogens with one attached hydrogen (secondary N) is 6. The van der Waals surface area contributed by atoms with Crippen LogP contribution in [0.1, 0.15) is 93.1 Å². The maximum absolute atomic E-state index is 13.9. The topological polar surface area (TPSA) is 167 Å². The highest BCUT2D eigenvalue weighted by Gasteiger charge is 2.33. The molecule has 5 amide bonds. The van der Waals surface area contributed by atoms with Gasteiger partial charge in [-0.3, -0.25) is 19.2 Å². The molecule has 2 rings (SSSR count). The van der Waals surface area contributed by atoms with Crippen LogP contribution in [0, 0.1) is 29.6 Å². The molecule has 0 aliphatic carbocycles. The normalized spacial score (nSPS) is 20.7. The lowest BCUT2D eigenvalue weighted by Crippen LogP contribution is -2.57. The Morgan fingerprint density at radius 3 is 2.25 bits per heavy atom. The fourth-order valence-electron chi connectivity index (χ4n) is 6.03. The van der Waals surface area contributed by atoms with Crippen molar-refractivity contribution in [2.75, 3.05) is 13.2 Å². The quantitative estimate of drug-likeness (QED) is 0.143. The van der Waals surface area contributed by atoms with Gasteiger partial charge < -0.3 is 36.6 Å². The Kier molecular flexibility index (Phi) is 19.0. The van der Waals surface area contributed by atoms with Gasteiger partial charge in [-0.25, -0.2) is 4.79 Å². The minimum atomic E-state index is -1.18. The van der Waals surface area contributed by atoms with E-state index in [1.54, 1.807) is 19.9 Å². The lowest BCUT2D eigenvalue weighted by Gasteiger charge is -2.32. The molecule has 1 aliphatic rings. The molecule has 1 aliphatic heterocycles. The molecule has 0 aromatic heterocycles. The van der Waals surface area contributed by atoms with Crippen molar-refractivity contribution >= 4 is 29.7 Å². The number of carbonyl (C=O) groups excluding carboxylic acids is 5. The Bertz CT molecular complexity index is 1350. The van der Waals surface area contributed by atoms with Gasteiger partial charge in [0, 0.05) is 24.8 Å². The summed E-state index contributed by atoms with van der Waals surface area (Å²) in [5.41, 5.74) is 1.75. The molecular formula is C40H64N6O6. The fourth-order valence-corrected chi connectivity index (χ4v) is 6.03. The number of hydrogen-bond donors (Lipinski definition) is 6. The van der Waals surface area contributed by atoms with E-state index < -0.39 is 36.0 Å². The summed E-state index contributed by atoms with van der Waals surface area (Å²) in [6.45, 7) is 21.0. The van der Waals surface area contributed by atoms with Crippen LogP contribution in [0.2, 0.25) is 0 Å². The zero-order chi connectivity index (χ0) is 38.8. The van der Waals surface area contributed by atoms with Gasteiger partial charge in [-0.2, -0.15) is 0 Å². The van der Waals surface area contributed by atoms with Crippen LogP contribution in [0.4, 0.5) is 4.79 Å². The number of carbonyl (C=O) groups is 5. The van der Waals surface area contributed by atoms with Crippen LogP contribution < -0.4 is 31.9 Å². The summed E-state index contributed by atoms with van der Waals surface area (Å²) >= 11 is 0. The van der Waals surface area contributed by atoms with Crippen LogP contribution in [-0.2, 0) is 30.5 Å². The van der Waals surface area contributed by atoms with Crippen molar-refractivity contribution in [3.63, 3.8) is 0 Å². The molecule has 6 N–H and O–H groups in total. The Morgan fingerprint density at radius 2 is 1.62 bits per heavy atom. The molecule has 0 fully saturated rings. The first-order chi connectivity index (χ1) is 24.6. The van der Waals surface area contributed by atoms with Crippen molar-refractivity contribution in [3.8, 4) is 0 Å². The average Bonchev–Trinajstić information content (AvgIpc) is 3.08. The number of hydrogen-bond acceptors (Lipinski definition) is 7. The highest BCUT2D eigenvalue weighted by atomic mass is 16.5. The molecule has 0 saturated heterocycles. The third-order valence-corrected chi connectivity index (χ3v) is 9.24. The van der Waals surface area contributed by atoms with Crippen molar-refractivity contribution in [1.82, 2.24) is 31.9 Å². The second-order valence-electron chi connectivity index (χ2n) is 15.1. The first kappa shape index (κ1) is 43.8. The molecule has 0 spiro atoms. The van der Waals surface area contributed by atoms with Crippen LogP contribution in [-0.4, -0.2) is 67.0 Å². The first-order valence-corrected chi connectivity index (χ1v) is 18.8. The number of ether oxygens (including phenoxy) is 1. The molecule has 0 bridgehead atoms. The van der Waals surface area contributed by atoms with Gasteiger partial charge in [-0.05, 0) is 60.8 Å². The summed E-state index contributed by atoms with van der Waals surface area (Å²) in [5.74, 6) is -1.67. The lowest BCUT2D eigenvalue weighted by atomic mass is 9.85. The van der Waals surface area contributed by atoms with E-state index in [-0.39, 0.29) is 67.0 Å². The Morgan fingerprint density at radius 1 is 0.923 bits per heavy atom. The monoisotopic (exact) mass is 724 g/mol. The van der Waals surface area contributed by atoms with Crippen molar-refractivity contribution in [2.24, 2.45) is 29.6 Å². The fraction of sp³-hybridized carbons (Fsp3) is 0.625. The highest BCUT2D eigenvalue weighted by molar-refractivity contribution is 5.94. The SMILES string of the molecule is C=C(N[C@H](C(=O)NCc1ccccc1)C(C)C)[C@H](C)C[C@H](C)[C@H](CC(C)C)NC(=O)[C@@H]1CC(=O)NC/C=C\CCCOC(=O)N[C@@H](C(C)C)C(=O)N1. The van der Waals surface area contributed by atoms with Crippen molar-refractivity contribution in [2.45, 2.75) is 118 Å². The van der Waals surface area contributed by atoms with E-state index in [0.29, 0.717) is 32.2 Å². The Balaban J connectivity index is 2.18. The van der Waals surface area contributed by atoms with E-state index in [2.05, 4.69) is 59.3 Å². The number of benzene rings is 1. The minimum Gasteiger partial charge on any atom is -0.450 e. The second-order valence-corrected chi connectivity index (χ2v) is 15.1. The third-order valence-electron chi connectivity index (χ3n) is 9.24. The van der Waals surface area contributed by atoms with Gasteiger partial charge in [-0.15, -0.1) is 0 Å². The molecule has 1 aromatic rings. The maximum atomic E-state index is 13.9. The van der Waals surface area contributed by atoms with E-state index in [0.717, 1.165) is 11.3 Å². The molecule has 6 atom stereocenters. The maximum Gasteiger partial charge on any atom is 0.407 e. The van der Waals surface area contributed by atoms with Gasteiger partial charge in [0.05, 0.1) is 13.0 Å². The van der Waals surface area contributed by atoms with Crippen LogP contribution in [0.3, 0.4) is 0 Å². The standard InChI is InChI=1S/C40H64N6O6/c1-25(2)21-32(29(8)22-28(7)30(9)43-35(26(3)4)38(49)42-24-31-17-13-12-14-18-31)44-37(48)33-23-34(47)41-19-15-10-11-16-20-52-40(51)46-36(27(5)6)39(50)45-33/h10,12-15,17-18,25-29,32-33,35-36,43H,9,11,16,19-24H2,1-8H3,(H,41,47)(H,42,49)(H,44,48)(H,45,50)(H,46,51)/b15-10-/t28-,29+,32+,33+,35+,36+/m1/s1. The van der Waals surface area contributed by atoms with E-state index in [4.69, 9.17) is 4.74 Å². The zero-order valence-electron chi connectivity index (χ0n) is 32.6. The predicted octanol–water partition coefficient (Wildman–Crippen LogP) is 4.72. The summed E-state index contributed by atoms with van der Waals surface area (Å²) < 4.78 is 5.26. The summed E-state index contributed by atoms with van der Waals surface area (Å²) in [7, 11) is 0. The summed E-state index contributed by atoms with van der Waals surface area (Å²) in [6, 6.07) is 6.85. The third kappa shape index (κ3) is 15.9. The Hall–Kier alpha value is -4.35. The number of cyclic esters (lactones) is 1. The molecule has 52 heavy (non-hydrogen) atoms. The molecule has 0 radical (unpaired) electrons. The van der Waals surface area contributed by atoms with Crippen LogP contribution in [0.15, 0.2) is 54.8 Å². The van der Waals surface area contributed by atoms with Gasteiger partial charge in [0.1, 0.15) is 18.1 Å². The summed E-state index contributed by atoms with van der Waals surface area (Å²) in [6.07, 6.45) is 5.28. The van der Waals surface area contributed by atoms with E-state index in [9.17, 15) is 24.0 Å². The number of allylic oxidation sites excluding steroid dienone is 2. The smallest absolute Gasteiger partial charge is 0.407 e. The van der Waals surface area contributed by atoms with Crippen LogP contribution >= 0.6 is 0 Å². The molecule has 12 nitrogen and oxygen atoms in total. The summed E-state index contributed by atoms with van der Waals surface area (Å²) in [5, 5.41) is 17.7. The number of alkyl carbamates (subject to hydrolysis) is 1. The molecular weight excluding hydrogens is 660 g/mol.